The zero-order valence-corrected chi connectivity index (χ0v) is 9.87. The fourth-order valence-electron chi connectivity index (χ4n) is 1.34. The minimum absolute atomic E-state index is 0.0354. The highest BCUT2D eigenvalue weighted by Gasteiger charge is 2.09. The summed E-state index contributed by atoms with van der Waals surface area (Å²) >= 11 is 3.32. The van der Waals surface area contributed by atoms with Crippen LogP contribution in [0.25, 0.3) is 0 Å². The van der Waals surface area contributed by atoms with E-state index in [0.29, 0.717) is 12.0 Å². The van der Waals surface area contributed by atoms with E-state index in [-0.39, 0.29) is 12.2 Å². The van der Waals surface area contributed by atoms with Crippen LogP contribution in [0.1, 0.15) is 18.1 Å². The van der Waals surface area contributed by atoms with Crippen molar-refractivity contribution in [2.24, 2.45) is 0 Å². The first-order valence-electron chi connectivity index (χ1n) is 4.48. The van der Waals surface area contributed by atoms with Gasteiger partial charge in [-0.15, -0.1) is 0 Å². The lowest BCUT2D eigenvalue weighted by Gasteiger charge is -2.06. The summed E-state index contributed by atoms with van der Waals surface area (Å²) in [6, 6.07) is 5.32. The first-order valence-corrected chi connectivity index (χ1v) is 5.27. The van der Waals surface area contributed by atoms with Gasteiger partial charge in [-0.1, -0.05) is 34.1 Å². The van der Waals surface area contributed by atoms with Crippen LogP contribution in [0.4, 0.5) is 0 Å². The number of aliphatic carboxylic acids is 1. The van der Waals surface area contributed by atoms with Crippen LogP contribution in [0.2, 0.25) is 0 Å². The third kappa shape index (κ3) is 3.47. The molecule has 0 aliphatic rings. The van der Waals surface area contributed by atoms with Gasteiger partial charge in [0.05, 0.1) is 6.42 Å². The number of halogens is 1. The van der Waals surface area contributed by atoms with E-state index >= 15 is 0 Å². The summed E-state index contributed by atoms with van der Waals surface area (Å²) in [5.41, 5.74) is 1.53. The monoisotopic (exact) mass is 270 g/mol. The molecule has 0 fully saturated rings. The Kier molecular flexibility index (Phi) is 4.03. The SMILES string of the molecule is CC(=O)Cc1cccc(CC(=O)O)c1Br. The van der Waals surface area contributed by atoms with Crippen molar-refractivity contribution in [3.63, 3.8) is 0 Å². The van der Waals surface area contributed by atoms with E-state index < -0.39 is 5.97 Å². The summed E-state index contributed by atoms with van der Waals surface area (Å²) in [5, 5.41) is 8.68. The molecule has 0 radical (unpaired) electrons. The molecule has 0 unspecified atom stereocenters. The van der Waals surface area contributed by atoms with Gasteiger partial charge in [0.15, 0.2) is 0 Å². The summed E-state index contributed by atoms with van der Waals surface area (Å²) in [6.45, 7) is 1.51. The van der Waals surface area contributed by atoms with Crippen LogP contribution in [0.3, 0.4) is 0 Å². The van der Waals surface area contributed by atoms with Crippen molar-refractivity contribution in [1.29, 1.82) is 0 Å². The minimum atomic E-state index is -0.879. The number of hydrogen-bond donors (Lipinski definition) is 1. The Labute approximate surface area is 96.2 Å². The van der Waals surface area contributed by atoms with Crippen molar-refractivity contribution in [2.75, 3.05) is 0 Å². The molecule has 0 aromatic heterocycles. The van der Waals surface area contributed by atoms with Gasteiger partial charge in [0.1, 0.15) is 5.78 Å². The van der Waals surface area contributed by atoms with Crippen LogP contribution in [-0.4, -0.2) is 16.9 Å². The van der Waals surface area contributed by atoms with Crippen molar-refractivity contribution in [3.05, 3.63) is 33.8 Å². The van der Waals surface area contributed by atoms with Crippen molar-refractivity contribution >= 4 is 27.7 Å². The van der Waals surface area contributed by atoms with E-state index in [4.69, 9.17) is 5.11 Å². The molecule has 15 heavy (non-hydrogen) atoms. The molecule has 1 N–H and O–H groups in total. The van der Waals surface area contributed by atoms with Gasteiger partial charge < -0.3 is 5.11 Å². The van der Waals surface area contributed by atoms with E-state index in [1.165, 1.54) is 6.92 Å². The van der Waals surface area contributed by atoms with E-state index in [0.717, 1.165) is 10.0 Å². The highest BCUT2D eigenvalue weighted by Crippen LogP contribution is 2.23. The number of carbonyl (C=O) groups excluding carboxylic acids is 1. The molecule has 0 aliphatic heterocycles. The van der Waals surface area contributed by atoms with Gasteiger partial charge in [-0.2, -0.15) is 0 Å². The molecule has 1 aromatic carbocycles. The van der Waals surface area contributed by atoms with Gasteiger partial charge in [-0.25, -0.2) is 0 Å². The number of benzene rings is 1. The molecule has 0 amide bonds. The molecule has 1 aromatic rings. The molecule has 1 rings (SSSR count). The van der Waals surface area contributed by atoms with Crippen LogP contribution in [0, 0.1) is 0 Å². The molecule has 0 heterocycles. The number of Topliss-reactive ketones (excluding diaryl/α,β-unsaturated/α-hetero) is 1. The van der Waals surface area contributed by atoms with Crippen LogP contribution < -0.4 is 0 Å². The van der Waals surface area contributed by atoms with Crippen molar-refractivity contribution in [1.82, 2.24) is 0 Å². The van der Waals surface area contributed by atoms with E-state index in [1.807, 2.05) is 6.07 Å². The molecule has 0 saturated heterocycles. The quantitative estimate of drug-likeness (QED) is 0.913. The molecule has 0 atom stereocenters. The van der Waals surface area contributed by atoms with Gasteiger partial charge in [0.2, 0.25) is 0 Å². The summed E-state index contributed by atoms with van der Waals surface area (Å²) in [4.78, 5) is 21.5. The topological polar surface area (TPSA) is 54.4 Å². The second-order valence-electron chi connectivity index (χ2n) is 3.34. The van der Waals surface area contributed by atoms with Crippen LogP contribution in [0.15, 0.2) is 22.7 Å². The maximum atomic E-state index is 11.0. The Morgan fingerprint density at radius 3 is 2.27 bits per heavy atom. The molecule has 4 heteroatoms. The Hall–Kier alpha value is -1.16. The number of hydrogen-bond acceptors (Lipinski definition) is 2. The van der Waals surface area contributed by atoms with E-state index in [2.05, 4.69) is 15.9 Å². The third-order valence-electron chi connectivity index (χ3n) is 1.94. The molecule has 80 valence electrons. The fraction of sp³-hybridized carbons (Fsp3) is 0.273. The summed E-state index contributed by atoms with van der Waals surface area (Å²) in [5.74, 6) is -0.821. The first-order chi connectivity index (χ1) is 7.00. The maximum absolute atomic E-state index is 11.0. The normalized spacial score (nSPS) is 10.0. The number of rotatable bonds is 4. The molecular weight excluding hydrogens is 260 g/mol. The lowest BCUT2D eigenvalue weighted by molar-refractivity contribution is -0.136. The first kappa shape index (κ1) is 11.9. The lowest BCUT2D eigenvalue weighted by atomic mass is 10.0. The standard InChI is InChI=1S/C11H11BrO3/c1-7(13)5-8-3-2-4-9(11(8)12)6-10(14)15/h2-4H,5-6H2,1H3,(H,14,15). The number of carboxylic acid groups (broad SMARTS) is 1. The van der Waals surface area contributed by atoms with Gasteiger partial charge >= 0.3 is 5.97 Å². The van der Waals surface area contributed by atoms with Crippen LogP contribution >= 0.6 is 15.9 Å². The number of ketones is 1. The molecule has 0 aliphatic carbocycles. The van der Waals surface area contributed by atoms with Crippen LogP contribution in [-0.2, 0) is 22.4 Å². The predicted molar refractivity (Wildman–Crippen MR) is 59.9 cm³/mol. The van der Waals surface area contributed by atoms with Gasteiger partial charge in [-0.05, 0) is 18.1 Å². The van der Waals surface area contributed by atoms with Crippen molar-refractivity contribution < 1.29 is 14.7 Å². The zero-order valence-electron chi connectivity index (χ0n) is 8.29. The second kappa shape index (κ2) is 5.07. The molecule has 0 spiro atoms. The zero-order chi connectivity index (χ0) is 11.4. The van der Waals surface area contributed by atoms with Gasteiger partial charge in [0.25, 0.3) is 0 Å². The number of carboxylic acids is 1. The van der Waals surface area contributed by atoms with Crippen molar-refractivity contribution in [3.8, 4) is 0 Å². The van der Waals surface area contributed by atoms with E-state index in [9.17, 15) is 9.59 Å². The predicted octanol–water partition coefficient (Wildman–Crippen LogP) is 2.21. The minimum Gasteiger partial charge on any atom is -0.481 e. The summed E-state index contributed by atoms with van der Waals surface area (Å²) in [6.07, 6.45) is 0.292. The maximum Gasteiger partial charge on any atom is 0.307 e. The van der Waals surface area contributed by atoms with Gasteiger partial charge in [0, 0.05) is 10.9 Å². The Balaban J connectivity index is 2.99. The Bertz CT molecular complexity index is 365. The highest BCUT2D eigenvalue weighted by molar-refractivity contribution is 9.10. The highest BCUT2D eigenvalue weighted by atomic mass is 79.9. The summed E-state index contributed by atoms with van der Waals surface area (Å²) in [7, 11) is 0. The summed E-state index contributed by atoms with van der Waals surface area (Å²) < 4.78 is 0.725. The molecule has 3 nitrogen and oxygen atoms in total. The van der Waals surface area contributed by atoms with E-state index in [1.54, 1.807) is 12.1 Å². The molecule has 0 bridgehead atoms. The van der Waals surface area contributed by atoms with Crippen molar-refractivity contribution in [2.45, 2.75) is 19.8 Å². The lowest BCUT2D eigenvalue weighted by Crippen LogP contribution is -2.04. The fourth-order valence-corrected chi connectivity index (χ4v) is 1.88. The number of carbonyl (C=O) groups is 2. The van der Waals surface area contributed by atoms with Crippen LogP contribution in [0.5, 0.6) is 0 Å². The Morgan fingerprint density at radius 2 is 1.80 bits per heavy atom. The average molecular weight is 271 g/mol. The smallest absolute Gasteiger partial charge is 0.307 e. The molecular formula is C11H11BrO3. The third-order valence-corrected chi connectivity index (χ3v) is 2.96. The second-order valence-corrected chi connectivity index (χ2v) is 4.13. The Morgan fingerprint density at radius 1 is 1.27 bits per heavy atom. The molecule has 0 saturated carbocycles. The average Bonchev–Trinajstić information content (AvgIpc) is 2.10. The largest absolute Gasteiger partial charge is 0.481 e. The van der Waals surface area contributed by atoms with Gasteiger partial charge in [-0.3, -0.25) is 9.59 Å².